The molecule has 0 unspecified atom stereocenters. The molecule has 0 aromatic heterocycles. The highest BCUT2D eigenvalue weighted by Gasteiger charge is 1.62. The topological polar surface area (TPSA) is 77.2 Å². The summed E-state index contributed by atoms with van der Waals surface area (Å²) in [6, 6.07) is 0. The third-order valence-corrected chi connectivity index (χ3v) is 0. The Bertz CT molecular complexity index is 112. The first-order chi connectivity index (χ1) is 5.20. The van der Waals surface area contributed by atoms with Crippen molar-refractivity contribution >= 4 is 17.5 Å². The molecular formula is C8H17NO3. The molecule has 4 heteroatoms. The van der Waals surface area contributed by atoms with Gasteiger partial charge in [-0.05, 0) is 27.7 Å². The second-order valence-electron chi connectivity index (χ2n) is 2.43. The molecule has 0 fully saturated rings. The predicted octanol–water partition coefficient (Wildman–Crippen LogP) is 0.682. The summed E-state index contributed by atoms with van der Waals surface area (Å²) in [7, 11) is 0. The molecule has 0 saturated carbocycles. The average molecular weight is 175 g/mol. The van der Waals surface area contributed by atoms with Crippen molar-refractivity contribution in [3.05, 3.63) is 0 Å². The Labute approximate surface area is 73.1 Å². The van der Waals surface area contributed by atoms with E-state index in [0.717, 1.165) is 0 Å². The zero-order chi connectivity index (χ0) is 10.7. The van der Waals surface area contributed by atoms with Gasteiger partial charge in [-0.2, -0.15) is 0 Å². The van der Waals surface area contributed by atoms with Crippen LogP contribution < -0.4 is 5.73 Å². The summed E-state index contributed by atoms with van der Waals surface area (Å²) in [6.07, 6.45) is 0. The molecule has 0 aromatic carbocycles. The lowest BCUT2D eigenvalue weighted by Crippen LogP contribution is -2.01. The molecule has 0 aliphatic heterocycles. The van der Waals surface area contributed by atoms with Gasteiger partial charge in [-0.3, -0.25) is 4.79 Å². The van der Waals surface area contributed by atoms with Crippen molar-refractivity contribution in [2.45, 2.75) is 34.6 Å². The lowest BCUT2D eigenvalue weighted by molar-refractivity contribution is -0.116. The van der Waals surface area contributed by atoms with E-state index in [1.54, 1.807) is 0 Å². The zero-order valence-corrected chi connectivity index (χ0v) is 8.30. The second kappa shape index (κ2) is 12.5. The van der Waals surface area contributed by atoms with E-state index in [-0.39, 0.29) is 17.5 Å². The summed E-state index contributed by atoms with van der Waals surface area (Å²) in [5.41, 5.74) is 4.47. The first kappa shape index (κ1) is 17.1. The Morgan fingerprint density at radius 2 is 0.750 bits per heavy atom. The van der Waals surface area contributed by atoms with Crippen molar-refractivity contribution in [3.8, 4) is 0 Å². The predicted molar refractivity (Wildman–Crippen MR) is 47.6 cm³/mol. The molecule has 0 rings (SSSR count). The molecule has 0 bridgehead atoms. The van der Waals surface area contributed by atoms with Crippen LogP contribution in [0.1, 0.15) is 34.6 Å². The number of carbonyl (C=O) groups excluding carboxylic acids is 3. The normalized spacial score (nSPS) is 6.42. The number of hydrogen-bond acceptors (Lipinski definition) is 3. The van der Waals surface area contributed by atoms with E-state index in [4.69, 9.17) is 0 Å². The number of rotatable bonds is 0. The monoisotopic (exact) mass is 175 g/mol. The standard InChI is InChI=1S/2C3H6O.C2H5NO/c2*1-3(2)4;1-2(3)4/h2*1-2H3;1H3,(H2,3,4). The van der Waals surface area contributed by atoms with Gasteiger partial charge in [0.05, 0.1) is 0 Å². The van der Waals surface area contributed by atoms with E-state index in [9.17, 15) is 14.4 Å². The molecule has 0 aliphatic carbocycles. The molecular weight excluding hydrogens is 158 g/mol. The zero-order valence-electron chi connectivity index (χ0n) is 8.30. The van der Waals surface area contributed by atoms with Crippen LogP contribution in [0.25, 0.3) is 0 Å². The number of amides is 1. The fourth-order valence-electron chi connectivity index (χ4n) is 0. The van der Waals surface area contributed by atoms with Gasteiger partial charge in [-0.25, -0.2) is 0 Å². The molecule has 0 aliphatic rings. The Balaban J connectivity index is -0.000000101. The van der Waals surface area contributed by atoms with E-state index in [1.807, 2.05) is 0 Å². The first-order valence-corrected chi connectivity index (χ1v) is 3.40. The smallest absolute Gasteiger partial charge is 0.214 e. The van der Waals surface area contributed by atoms with E-state index < -0.39 is 0 Å². The van der Waals surface area contributed by atoms with Crippen LogP contribution in [-0.2, 0) is 14.4 Å². The van der Waals surface area contributed by atoms with Gasteiger partial charge in [-0.15, -0.1) is 0 Å². The first-order valence-electron chi connectivity index (χ1n) is 3.40. The quantitative estimate of drug-likeness (QED) is 0.588. The highest BCUT2D eigenvalue weighted by molar-refractivity contribution is 5.72. The van der Waals surface area contributed by atoms with Crippen molar-refractivity contribution in [2.75, 3.05) is 0 Å². The fourth-order valence-corrected chi connectivity index (χ4v) is 0. The third kappa shape index (κ3) is 379. The average Bonchev–Trinajstić information content (AvgIpc) is 1.54. The van der Waals surface area contributed by atoms with Crippen LogP contribution in [0.15, 0.2) is 0 Å². The van der Waals surface area contributed by atoms with Gasteiger partial charge in [-0.1, -0.05) is 0 Å². The van der Waals surface area contributed by atoms with Crippen molar-refractivity contribution in [2.24, 2.45) is 5.73 Å². The maximum absolute atomic E-state index is 9.44. The minimum atomic E-state index is -0.333. The van der Waals surface area contributed by atoms with Crippen LogP contribution in [0.3, 0.4) is 0 Å². The van der Waals surface area contributed by atoms with Crippen molar-refractivity contribution < 1.29 is 14.4 Å². The number of Topliss-reactive ketones (excluding diaryl/α,β-unsaturated/α-hetero) is 2. The minimum Gasteiger partial charge on any atom is -0.370 e. The second-order valence-corrected chi connectivity index (χ2v) is 2.43. The highest BCUT2D eigenvalue weighted by Crippen LogP contribution is 1.50. The van der Waals surface area contributed by atoms with Gasteiger partial charge in [0.2, 0.25) is 5.91 Å². The maximum Gasteiger partial charge on any atom is 0.214 e. The lowest BCUT2D eigenvalue weighted by atomic mass is 10.6. The molecule has 0 radical (unpaired) electrons. The number of hydrogen-bond donors (Lipinski definition) is 1. The number of primary amides is 1. The molecule has 1 amide bonds. The van der Waals surface area contributed by atoms with Crippen molar-refractivity contribution in [1.29, 1.82) is 0 Å². The molecule has 0 atom stereocenters. The van der Waals surface area contributed by atoms with Gasteiger partial charge in [0.15, 0.2) is 0 Å². The molecule has 0 spiro atoms. The lowest BCUT2D eigenvalue weighted by Gasteiger charge is -1.60. The van der Waals surface area contributed by atoms with Crippen LogP contribution >= 0.6 is 0 Å². The Morgan fingerprint density at radius 1 is 0.750 bits per heavy atom. The van der Waals surface area contributed by atoms with E-state index in [1.165, 1.54) is 34.6 Å². The summed E-state index contributed by atoms with van der Waals surface area (Å²) < 4.78 is 0. The summed E-state index contributed by atoms with van der Waals surface area (Å²) in [5, 5.41) is 0. The number of nitrogens with two attached hydrogens (primary N) is 1. The Morgan fingerprint density at radius 3 is 0.750 bits per heavy atom. The van der Waals surface area contributed by atoms with E-state index in [0.29, 0.717) is 0 Å². The summed E-state index contributed by atoms with van der Waals surface area (Å²) in [5.74, 6) is 0.000000000000000444. The molecule has 12 heavy (non-hydrogen) atoms. The summed E-state index contributed by atoms with van der Waals surface area (Å²) in [6.45, 7) is 7.42. The van der Waals surface area contributed by atoms with E-state index >= 15 is 0 Å². The van der Waals surface area contributed by atoms with E-state index in [2.05, 4.69) is 5.73 Å². The SMILES string of the molecule is CC(C)=O.CC(C)=O.CC(N)=O. The molecule has 2 N–H and O–H groups in total. The number of carbonyl (C=O) groups is 3. The largest absolute Gasteiger partial charge is 0.370 e. The van der Waals surface area contributed by atoms with Crippen LogP contribution in [0.2, 0.25) is 0 Å². The highest BCUT2D eigenvalue weighted by atomic mass is 16.1. The molecule has 0 heterocycles. The third-order valence-electron chi connectivity index (χ3n) is 0. The van der Waals surface area contributed by atoms with Crippen LogP contribution in [0, 0.1) is 0 Å². The fraction of sp³-hybridized carbons (Fsp3) is 0.625. The van der Waals surface area contributed by atoms with Crippen molar-refractivity contribution in [1.82, 2.24) is 0 Å². The van der Waals surface area contributed by atoms with Gasteiger partial charge in [0.25, 0.3) is 0 Å². The van der Waals surface area contributed by atoms with Gasteiger partial charge in [0, 0.05) is 6.92 Å². The molecule has 0 saturated heterocycles. The molecule has 0 aromatic rings. The Hall–Kier alpha value is -1.19. The van der Waals surface area contributed by atoms with Crippen molar-refractivity contribution in [3.63, 3.8) is 0 Å². The minimum absolute atomic E-state index is 0.167. The van der Waals surface area contributed by atoms with Crippen LogP contribution in [0.5, 0.6) is 0 Å². The van der Waals surface area contributed by atoms with Crippen LogP contribution in [-0.4, -0.2) is 17.5 Å². The Kier molecular flexibility index (Phi) is 17.7. The van der Waals surface area contributed by atoms with Gasteiger partial charge >= 0.3 is 0 Å². The van der Waals surface area contributed by atoms with Gasteiger partial charge < -0.3 is 15.3 Å². The maximum atomic E-state index is 9.44. The van der Waals surface area contributed by atoms with Gasteiger partial charge in [0.1, 0.15) is 11.6 Å². The summed E-state index contributed by atoms with van der Waals surface area (Å²) >= 11 is 0. The van der Waals surface area contributed by atoms with Crippen LogP contribution in [0.4, 0.5) is 0 Å². The summed E-state index contributed by atoms with van der Waals surface area (Å²) in [4.78, 5) is 28.1. The molecule has 72 valence electrons. The molecule has 4 nitrogen and oxygen atoms in total. The number of ketones is 2.